The lowest BCUT2D eigenvalue weighted by atomic mass is 9.92. The first-order chi connectivity index (χ1) is 12.0. The third-order valence-electron chi connectivity index (χ3n) is 4.26. The summed E-state index contributed by atoms with van der Waals surface area (Å²) in [6, 6.07) is 3.65. The van der Waals surface area contributed by atoms with Crippen LogP contribution in [0, 0.1) is 12.8 Å². The smallest absolute Gasteiger partial charge is 0.303 e. The number of aryl methyl sites for hydroxylation is 1. The molecule has 1 N–H and O–H groups in total. The highest BCUT2D eigenvalue weighted by atomic mass is 16.5. The largest absolute Gasteiger partial charge is 0.490 e. The van der Waals surface area contributed by atoms with Crippen molar-refractivity contribution >= 4 is 17.4 Å². The Kier molecular flexibility index (Phi) is 6.56. The number of rotatable bonds is 10. The first kappa shape index (κ1) is 19.0. The average Bonchev–Trinajstić information content (AvgIpc) is 2.89. The van der Waals surface area contributed by atoms with E-state index in [-0.39, 0.29) is 24.5 Å². The lowest BCUT2D eigenvalue weighted by Crippen LogP contribution is -2.15. The van der Waals surface area contributed by atoms with Gasteiger partial charge < -0.3 is 9.84 Å². The minimum absolute atomic E-state index is 0.0196. The van der Waals surface area contributed by atoms with E-state index in [4.69, 9.17) is 9.84 Å². The Morgan fingerprint density at radius 3 is 2.72 bits per heavy atom. The zero-order chi connectivity index (χ0) is 18.4. The number of carbonyl (C=O) groups excluding carboxylic acids is 1. The minimum atomic E-state index is -0.859. The number of carbonyl (C=O) groups is 2. The molecule has 2 heterocycles. The van der Waals surface area contributed by atoms with Gasteiger partial charge in [-0.25, -0.2) is 4.98 Å². The summed E-state index contributed by atoms with van der Waals surface area (Å²) in [6.45, 7) is 6.28. The Balaban J connectivity index is 2.30. The molecular weight excluding hydrogens is 320 g/mol. The summed E-state index contributed by atoms with van der Waals surface area (Å²) in [6.07, 6.45) is 4.69. The summed E-state index contributed by atoms with van der Waals surface area (Å²) < 4.78 is 7.33. The fourth-order valence-corrected chi connectivity index (χ4v) is 3.14. The van der Waals surface area contributed by atoms with E-state index in [2.05, 4.69) is 11.9 Å². The molecule has 0 radical (unpaired) electrons. The SMILES string of the molecule is CCCC[C@@H](CC(=O)O)CC(=O)c1c(C)nc2c(OCC)cccn12. The van der Waals surface area contributed by atoms with E-state index in [0.29, 0.717) is 29.4 Å². The van der Waals surface area contributed by atoms with Crippen molar-refractivity contribution in [3.63, 3.8) is 0 Å². The molecule has 0 aliphatic heterocycles. The molecule has 136 valence electrons. The van der Waals surface area contributed by atoms with Gasteiger partial charge in [-0.15, -0.1) is 0 Å². The molecule has 0 amide bonds. The van der Waals surface area contributed by atoms with Crippen molar-refractivity contribution in [2.75, 3.05) is 6.61 Å². The number of aliphatic carboxylic acids is 1. The van der Waals surface area contributed by atoms with Crippen molar-refractivity contribution in [1.82, 2.24) is 9.38 Å². The normalized spacial score (nSPS) is 12.3. The summed E-state index contributed by atoms with van der Waals surface area (Å²) in [4.78, 5) is 28.4. The predicted octanol–water partition coefficient (Wildman–Crippen LogP) is 3.90. The molecule has 2 aromatic rings. The first-order valence-corrected chi connectivity index (χ1v) is 8.83. The van der Waals surface area contributed by atoms with Crippen LogP contribution in [0.25, 0.3) is 5.65 Å². The molecule has 0 aliphatic carbocycles. The molecule has 2 aromatic heterocycles. The molecule has 2 rings (SSSR count). The van der Waals surface area contributed by atoms with Crippen molar-refractivity contribution in [1.29, 1.82) is 0 Å². The van der Waals surface area contributed by atoms with Crippen LogP contribution >= 0.6 is 0 Å². The van der Waals surface area contributed by atoms with Gasteiger partial charge in [0.05, 0.1) is 12.3 Å². The van der Waals surface area contributed by atoms with Gasteiger partial charge >= 0.3 is 5.97 Å². The van der Waals surface area contributed by atoms with Crippen LogP contribution in [-0.2, 0) is 4.79 Å². The van der Waals surface area contributed by atoms with Gasteiger partial charge in [0.25, 0.3) is 0 Å². The van der Waals surface area contributed by atoms with E-state index in [1.807, 2.05) is 19.1 Å². The summed E-state index contributed by atoms with van der Waals surface area (Å²) >= 11 is 0. The van der Waals surface area contributed by atoms with Crippen LogP contribution in [0.2, 0.25) is 0 Å². The maximum atomic E-state index is 12.9. The quantitative estimate of drug-likeness (QED) is 0.660. The second kappa shape index (κ2) is 8.65. The van der Waals surface area contributed by atoms with E-state index < -0.39 is 5.97 Å². The zero-order valence-corrected chi connectivity index (χ0v) is 15.1. The number of ketones is 1. The maximum Gasteiger partial charge on any atom is 0.303 e. The molecule has 25 heavy (non-hydrogen) atoms. The number of pyridine rings is 1. The second-order valence-corrected chi connectivity index (χ2v) is 6.28. The number of fused-ring (bicyclic) bond motifs is 1. The Bertz CT molecular complexity index is 751. The molecule has 1 atom stereocenters. The first-order valence-electron chi connectivity index (χ1n) is 8.83. The fourth-order valence-electron chi connectivity index (χ4n) is 3.14. The van der Waals surface area contributed by atoms with E-state index >= 15 is 0 Å². The summed E-state index contributed by atoms with van der Waals surface area (Å²) in [7, 11) is 0. The van der Waals surface area contributed by atoms with Crippen molar-refractivity contribution in [2.24, 2.45) is 5.92 Å². The highest BCUT2D eigenvalue weighted by Gasteiger charge is 2.23. The van der Waals surface area contributed by atoms with Crippen LogP contribution in [0.5, 0.6) is 5.75 Å². The van der Waals surface area contributed by atoms with Crippen LogP contribution in [0.3, 0.4) is 0 Å². The van der Waals surface area contributed by atoms with E-state index in [9.17, 15) is 9.59 Å². The Hall–Kier alpha value is -2.37. The van der Waals surface area contributed by atoms with Gasteiger partial charge in [-0.2, -0.15) is 0 Å². The van der Waals surface area contributed by atoms with Crippen LogP contribution in [-0.4, -0.2) is 32.9 Å². The summed E-state index contributed by atoms with van der Waals surface area (Å²) in [5, 5.41) is 9.10. The fraction of sp³-hybridized carbons (Fsp3) is 0.526. The molecule has 0 aromatic carbocycles. The molecular formula is C19H26N2O4. The van der Waals surface area contributed by atoms with Crippen LogP contribution in [0.15, 0.2) is 18.3 Å². The van der Waals surface area contributed by atoms with Gasteiger partial charge in [0.2, 0.25) is 0 Å². The van der Waals surface area contributed by atoms with Gasteiger partial charge in [0, 0.05) is 19.0 Å². The number of hydrogen-bond acceptors (Lipinski definition) is 4. The molecule has 0 bridgehead atoms. The van der Waals surface area contributed by atoms with Gasteiger partial charge in [-0.1, -0.05) is 19.8 Å². The van der Waals surface area contributed by atoms with Crippen molar-refractivity contribution in [3.8, 4) is 5.75 Å². The molecule has 0 saturated carbocycles. The third kappa shape index (κ3) is 4.59. The van der Waals surface area contributed by atoms with Gasteiger partial charge in [-0.05, 0) is 38.3 Å². The second-order valence-electron chi connectivity index (χ2n) is 6.28. The van der Waals surface area contributed by atoms with Crippen LogP contribution in [0.1, 0.15) is 62.1 Å². The average molecular weight is 346 g/mol. The van der Waals surface area contributed by atoms with Crippen LogP contribution < -0.4 is 4.74 Å². The molecule has 6 nitrogen and oxygen atoms in total. The maximum absolute atomic E-state index is 12.9. The van der Waals surface area contributed by atoms with Crippen molar-refractivity contribution < 1.29 is 19.4 Å². The number of carboxylic acids is 1. The monoisotopic (exact) mass is 346 g/mol. The Morgan fingerprint density at radius 1 is 1.32 bits per heavy atom. The number of ether oxygens (including phenoxy) is 1. The summed E-state index contributed by atoms with van der Waals surface area (Å²) in [5.74, 6) is -0.436. The highest BCUT2D eigenvalue weighted by Crippen LogP contribution is 2.25. The Labute approximate surface area is 147 Å². The van der Waals surface area contributed by atoms with Crippen molar-refractivity contribution in [2.45, 2.75) is 52.9 Å². The Morgan fingerprint density at radius 2 is 2.08 bits per heavy atom. The zero-order valence-electron chi connectivity index (χ0n) is 15.1. The predicted molar refractivity (Wildman–Crippen MR) is 95.3 cm³/mol. The summed E-state index contributed by atoms with van der Waals surface area (Å²) in [5.41, 5.74) is 1.78. The van der Waals surface area contributed by atoms with E-state index in [0.717, 1.165) is 19.3 Å². The molecule has 0 saturated heterocycles. The number of aromatic nitrogens is 2. The molecule has 0 fully saturated rings. The standard InChI is InChI=1S/C19H26N2O4/c1-4-6-8-14(12-17(23)24)11-15(22)18-13(3)20-19-16(25-5-2)9-7-10-21(18)19/h7,9-10,14H,4-6,8,11-12H2,1-3H3,(H,23,24)/t14-/m1/s1. The lowest BCUT2D eigenvalue weighted by molar-refractivity contribution is -0.138. The number of hydrogen-bond donors (Lipinski definition) is 1. The number of Topliss-reactive ketones (excluding diaryl/α,β-unsaturated/α-hetero) is 1. The molecule has 0 unspecified atom stereocenters. The minimum Gasteiger partial charge on any atom is -0.490 e. The van der Waals surface area contributed by atoms with Crippen molar-refractivity contribution in [3.05, 3.63) is 29.7 Å². The van der Waals surface area contributed by atoms with E-state index in [1.165, 1.54) is 0 Å². The number of unbranched alkanes of at least 4 members (excludes halogenated alkanes) is 1. The van der Waals surface area contributed by atoms with Crippen LogP contribution in [0.4, 0.5) is 0 Å². The highest BCUT2D eigenvalue weighted by molar-refractivity contribution is 5.97. The van der Waals surface area contributed by atoms with Gasteiger partial charge in [0.1, 0.15) is 5.69 Å². The molecule has 0 spiro atoms. The third-order valence-corrected chi connectivity index (χ3v) is 4.26. The number of carboxylic acid groups (broad SMARTS) is 1. The number of imidazole rings is 1. The topological polar surface area (TPSA) is 80.9 Å². The molecule has 6 heteroatoms. The van der Waals surface area contributed by atoms with E-state index in [1.54, 1.807) is 17.5 Å². The van der Waals surface area contributed by atoms with Gasteiger partial charge in [0.15, 0.2) is 17.2 Å². The van der Waals surface area contributed by atoms with Gasteiger partial charge in [-0.3, -0.25) is 14.0 Å². The lowest BCUT2D eigenvalue weighted by Gasteiger charge is -2.14. The molecule has 0 aliphatic rings. The number of nitrogens with zero attached hydrogens (tertiary/aromatic N) is 2.